The fourth-order valence-electron chi connectivity index (χ4n) is 1.43. The minimum absolute atomic E-state index is 0.290. The number of hydrogen-bond donors (Lipinski definition) is 1. The minimum atomic E-state index is -0.546. The molecular weight excluding hydrogens is 375 g/mol. The van der Waals surface area contributed by atoms with Crippen LogP contribution in [0.5, 0.6) is 0 Å². The number of benzene rings is 1. The molecule has 2 aromatic rings. The van der Waals surface area contributed by atoms with E-state index >= 15 is 0 Å². The number of aryl methyl sites for hydroxylation is 1. The molecule has 0 unspecified atom stereocenters. The number of amides is 1. The topological polar surface area (TPSA) is 81.4 Å². The number of ether oxygens (including phenoxy) is 1. The highest BCUT2D eigenvalue weighted by Gasteiger charge is 2.11. The van der Waals surface area contributed by atoms with E-state index in [4.69, 9.17) is 9.26 Å². The lowest BCUT2D eigenvalue weighted by molar-refractivity contribution is -0.119. The van der Waals surface area contributed by atoms with Crippen molar-refractivity contribution in [2.24, 2.45) is 0 Å². The van der Waals surface area contributed by atoms with Crippen molar-refractivity contribution in [1.82, 2.24) is 5.16 Å². The molecule has 6 nitrogen and oxygen atoms in total. The summed E-state index contributed by atoms with van der Waals surface area (Å²) in [6.45, 7) is 1.33. The van der Waals surface area contributed by atoms with Crippen LogP contribution in [0.4, 0.5) is 5.82 Å². The van der Waals surface area contributed by atoms with Crippen LogP contribution >= 0.6 is 22.6 Å². The van der Waals surface area contributed by atoms with Gasteiger partial charge in [0.25, 0.3) is 5.91 Å². The van der Waals surface area contributed by atoms with Gasteiger partial charge in [-0.2, -0.15) is 0 Å². The van der Waals surface area contributed by atoms with E-state index in [-0.39, 0.29) is 12.4 Å². The van der Waals surface area contributed by atoms with Crippen molar-refractivity contribution >= 4 is 40.3 Å². The lowest BCUT2D eigenvalue weighted by Gasteiger charge is -2.04. The second-order valence-corrected chi connectivity index (χ2v) is 5.20. The van der Waals surface area contributed by atoms with Gasteiger partial charge in [0.2, 0.25) is 0 Å². The molecule has 1 amide bonds. The first-order chi connectivity index (χ1) is 9.54. The standard InChI is InChI=1S/C13H11IN2O4/c1-8-5-11(16-20-8)15-12(17)7-19-13(18)9-3-2-4-10(14)6-9/h2-6H,7H2,1H3,(H,15,16,17). The van der Waals surface area contributed by atoms with Crippen LogP contribution in [0.2, 0.25) is 0 Å². The Morgan fingerprint density at radius 3 is 2.85 bits per heavy atom. The summed E-state index contributed by atoms with van der Waals surface area (Å²) in [5.41, 5.74) is 0.405. The molecule has 0 aliphatic heterocycles. The monoisotopic (exact) mass is 386 g/mol. The lowest BCUT2D eigenvalue weighted by atomic mass is 10.2. The number of nitrogens with zero attached hydrogens (tertiary/aromatic N) is 1. The van der Waals surface area contributed by atoms with Crippen LogP contribution in [0.25, 0.3) is 0 Å². The number of aromatic nitrogens is 1. The van der Waals surface area contributed by atoms with Crippen LogP contribution in [0.15, 0.2) is 34.9 Å². The zero-order chi connectivity index (χ0) is 14.5. The SMILES string of the molecule is Cc1cc(NC(=O)COC(=O)c2cccc(I)c2)no1. The van der Waals surface area contributed by atoms with E-state index in [1.807, 2.05) is 6.07 Å². The van der Waals surface area contributed by atoms with Crippen molar-refractivity contribution in [1.29, 1.82) is 0 Å². The summed E-state index contributed by atoms with van der Waals surface area (Å²) < 4.78 is 10.6. The van der Waals surface area contributed by atoms with E-state index in [9.17, 15) is 9.59 Å². The zero-order valence-electron chi connectivity index (χ0n) is 10.6. The molecule has 0 saturated carbocycles. The minimum Gasteiger partial charge on any atom is -0.452 e. The van der Waals surface area contributed by atoms with Crippen molar-refractivity contribution in [3.05, 3.63) is 45.2 Å². The molecule has 0 radical (unpaired) electrons. The number of esters is 1. The quantitative estimate of drug-likeness (QED) is 0.645. The highest BCUT2D eigenvalue weighted by atomic mass is 127. The molecular formula is C13H11IN2O4. The Morgan fingerprint density at radius 2 is 2.20 bits per heavy atom. The van der Waals surface area contributed by atoms with Crippen LogP contribution in [-0.4, -0.2) is 23.6 Å². The fraction of sp³-hybridized carbons (Fsp3) is 0.154. The third kappa shape index (κ3) is 4.05. The number of rotatable bonds is 4. The van der Waals surface area contributed by atoms with E-state index in [0.717, 1.165) is 3.57 Å². The number of anilines is 1. The average Bonchev–Trinajstić information content (AvgIpc) is 2.81. The van der Waals surface area contributed by atoms with Crippen LogP contribution in [0.1, 0.15) is 16.1 Å². The van der Waals surface area contributed by atoms with Gasteiger partial charge in [-0.05, 0) is 47.7 Å². The van der Waals surface area contributed by atoms with Gasteiger partial charge in [-0.25, -0.2) is 4.79 Å². The number of halogens is 1. The Hall–Kier alpha value is -1.90. The van der Waals surface area contributed by atoms with Crippen molar-refractivity contribution in [2.45, 2.75) is 6.92 Å². The Kier molecular flexibility index (Phi) is 4.72. The first kappa shape index (κ1) is 14.5. The maximum absolute atomic E-state index is 11.7. The molecule has 0 saturated heterocycles. The summed E-state index contributed by atoms with van der Waals surface area (Å²) in [5, 5.41) is 6.06. The number of hydrogen-bond acceptors (Lipinski definition) is 5. The van der Waals surface area contributed by atoms with Crippen molar-refractivity contribution in [3.8, 4) is 0 Å². The largest absolute Gasteiger partial charge is 0.452 e. The maximum Gasteiger partial charge on any atom is 0.338 e. The Morgan fingerprint density at radius 1 is 1.40 bits per heavy atom. The third-order valence-corrected chi connectivity index (χ3v) is 2.96. The summed E-state index contributed by atoms with van der Waals surface area (Å²) in [5.74, 6) is -0.152. The predicted octanol–water partition coefficient (Wildman–Crippen LogP) is 2.38. The number of nitrogens with one attached hydrogen (secondary N) is 1. The molecule has 2 rings (SSSR count). The van der Waals surface area contributed by atoms with Crippen LogP contribution in [0.3, 0.4) is 0 Å². The normalized spacial score (nSPS) is 10.1. The Balaban J connectivity index is 1.85. The molecule has 0 aliphatic carbocycles. The highest BCUT2D eigenvalue weighted by molar-refractivity contribution is 14.1. The van der Waals surface area contributed by atoms with Crippen molar-refractivity contribution in [2.75, 3.05) is 11.9 Å². The molecule has 0 spiro atoms. The predicted molar refractivity (Wildman–Crippen MR) is 79.3 cm³/mol. The Bertz CT molecular complexity index is 639. The van der Waals surface area contributed by atoms with Gasteiger partial charge in [0.15, 0.2) is 12.4 Å². The summed E-state index contributed by atoms with van der Waals surface area (Å²) in [7, 11) is 0. The fourth-order valence-corrected chi connectivity index (χ4v) is 1.98. The average molecular weight is 386 g/mol. The van der Waals surface area contributed by atoms with E-state index in [2.05, 4.69) is 33.1 Å². The molecule has 104 valence electrons. The highest BCUT2D eigenvalue weighted by Crippen LogP contribution is 2.09. The number of carbonyl (C=O) groups is 2. The Labute approximate surface area is 128 Å². The van der Waals surface area contributed by atoms with Gasteiger partial charge >= 0.3 is 5.97 Å². The van der Waals surface area contributed by atoms with Crippen LogP contribution in [0, 0.1) is 10.5 Å². The van der Waals surface area contributed by atoms with Gasteiger partial charge in [-0.15, -0.1) is 0 Å². The van der Waals surface area contributed by atoms with E-state index < -0.39 is 11.9 Å². The second-order valence-electron chi connectivity index (χ2n) is 3.96. The lowest BCUT2D eigenvalue weighted by Crippen LogP contribution is -2.21. The van der Waals surface area contributed by atoms with Crippen molar-refractivity contribution < 1.29 is 18.8 Å². The number of carbonyl (C=O) groups excluding carboxylic acids is 2. The smallest absolute Gasteiger partial charge is 0.338 e. The van der Waals surface area contributed by atoms with Gasteiger partial charge < -0.3 is 14.6 Å². The van der Waals surface area contributed by atoms with Gasteiger partial charge in [0.05, 0.1) is 5.56 Å². The molecule has 20 heavy (non-hydrogen) atoms. The maximum atomic E-state index is 11.7. The molecule has 0 aliphatic rings. The molecule has 7 heteroatoms. The van der Waals surface area contributed by atoms with Crippen molar-refractivity contribution in [3.63, 3.8) is 0 Å². The molecule has 1 heterocycles. The van der Waals surface area contributed by atoms with Gasteiger partial charge in [-0.3, -0.25) is 4.79 Å². The summed E-state index contributed by atoms with van der Waals surface area (Å²) in [6.07, 6.45) is 0. The molecule has 1 aromatic carbocycles. The summed E-state index contributed by atoms with van der Waals surface area (Å²) in [6, 6.07) is 8.48. The van der Waals surface area contributed by atoms with E-state index in [0.29, 0.717) is 11.3 Å². The summed E-state index contributed by atoms with van der Waals surface area (Å²) in [4.78, 5) is 23.3. The van der Waals surface area contributed by atoms with Crippen LogP contribution < -0.4 is 5.32 Å². The van der Waals surface area contributed by atoms with E-state index in [1.54, 1.807) is 31.2 Å². The summed E-state index contributed by atoms with van der Waals surface area (Å²) >= 11 is 2.09. The first-order valence-electron chi connectivity index (χ1n) is 5.70. The molecule has 0 atom stereocenters. The molecule has 0 bridgehead atoms. The third-order valence-electron chi connectivity index (χ3n) is 2.29. The first-order valence-corrected chi connectivity index (χ1v) is 6.78. The van der Waals surface area contributed by atoms with Gasteiger partial charge in [0, 0.05) is 9.64 Å². The van der Waals surface area contributed by atoms with E-state index in [1.165, 1.54) is 0 Å². The van der Waals surface area contributed by atoms with Gasteiger partial charge in [-0.1, -0.05) is 11.2 Å². The molecule has 0 fully saturated rings. The zero-order valence-corrected chi connectivity index (χ0v) is 12.7. The second kappa shape index (κ2) is 6.51. The van der Waals surface area contributed by atoms with Gasteiger partial charge in [0.1, 0.15) is 5.76 Å². The van der Waals surface area contributed by atoms with Crippen LogP contribution in [-0.2, 0) is 9.53 Å². The molecule has 1 aromatic heterocycles. The molecule has 1 N–H and O–H groups in total.